The molecule has 0 heterocycles. The summed E-state index contributed by atoms with van der Waals surface area (Å²) in [5.41, 5.74) is 0.745. The van der Waals surface area contributed by atoms with Crippen molar-refractivity contribution in [2.24, 2.45) is 0 Å². The molecule has 1 rings (SSSR count). The van der Waals surface area contributed by atoms with E-state index in [-0.39, 0.29) is 18.4 Å². The fraction of sp³-hybridized carbons (Fsp3) is 0.556. The number of rotatable bonds is 10. The predicted molar refractivity (Wildman–Crippen MR) is 96.1 cm³/mol. The zero-order valence-corrected chi connectivity index (χ0v) is 15.0. The number of methoxy groups -OCH3 is 1. The van der Waals surface area contributed by atoms with Gasteiger partial charge in [0.15, 0.2) is 0 Å². The number of carbonyl (C=O) groups excluding carboxylic acids is 2. The third-order valence-electron chi connectivity index (χ3n) is 3.92. The van der Waals surface area contributed by atoms with Gasteiger partial charge in [-0.1, -0.05) is 32.0 Å². The lowest BCUT2D eigenvalue weighted by atomic mass is 10.3. The number of urea groups is 1. The Labute approximate surface area is 144 Å². The van der Waals surface area contributed by atoms with Gasteiger partial charge in [0.2, 0.25) is 0 Å². The van der Waals surface area contributed by atoms with Crippen molar-refractivity contribution in [3.8, 4) is 0 Å². The Hall–Kier alpha value is -2.08. The topological polar surface area (TPSA) is 61.9 Å². The first-order chi connectivity index (χ1) is 11.6. The second kappa shape index (κ2) is 11.5. The molecular weight excluding hydrogens is 306 g/mol. The number of hydrogen-bond acceptors (Lipinski definition) is 4. The Morgan fingerprint density at radius 2 is 1.71 bits per heavy atom. The first-order valence-corrected chi connectivity index (χ1v) is 8.50. The third-order valence-corrected chi connectivity index (χ3v) is 3.92. The van der Waals surface area contributed by atoms with E-state index >= 15 is 0 Å². The van der Waals surface area contributed by atoms with Crippen LogP contribution in [0.3, 0.4) is 0 Å². The van der Waals surface area contributed by atoms with Crippen LogP contribution in [0.4, 0.5) is 10.5 Å². The molecule has 0 bridgehead atoms. The molecule has 2 amide bonds. The molecule has 1 aromatic rings. The largest absolute Gasteiger partial charge is 0.469 e. The smallest absolute Gasteiger partial charge is 0.321 e. The van der Waals surface area contributed by atoms with Crippen LogP contribution in [0.2, 0.25) is 0 Å². The number of benzene rings is 1. The summed E-state index contributed by atoms with van der Waals surface area (Å²) >= 11 is 0. The minimum Gasteiger partial charge on any atom is -0.469 e. The number of nitrogens with zero attached hydrogens (tertiary/aromatic N) is 2. The third kappa shape index (κ3) is 7.46. The molecule has 134 valence electrons. The first kappa shape index (κ1) is 20.0. The summed E-state index contributed by atoms with van der Waals surface area (Å²) in [5.74, 6) is -0.309. The lowest BCUT2D eigenvalue weighted by Gasteiger charge is -2.25. The van der Waals surface area contributed by atoms with Crippen LogP contribution in [-0.2, 0) is 9.53 Å². The van der Waals surface area contributed by atoms with Crippen LogP contribution < -0.4 is 5.32 Å². The summed E-state index contributed by atoms with van der Waals surface area (Å²) in [4.78, 5) is 27.8. The van der Waals surface area contributed by atoms with Crippen molar-refractivity contribution in [2.45, 2.75) is 26.7 Å². The zero-order chi connectivity index (χ0) is 17.8. The van der Waals surface area contributed by atoms with Gasteiger partial charge in [0.25, 0.3) is 0 Å². The molecule has 0 spiro atoms. The molecule has 0 saturated carbocycles. The molecule has 0 unspecified atom stereocenters. The van der Waals surface area contributed by atoms with Gasteiger partial charge in [0.1, 0.15) is 0 Å². The number of carbonyl (C=O) groups is 2. The molecule has 6 heteroatoms. The van der Waals surface area contributed by atoms with Crippen molar-refractivity contribution in [3.05, 3.63) is 30.3 Å². The van der Waals surface area contributed by atoms with E-state index in [4.69, 9.17) is 0 Å². The predicted octanol–water partition coefficient (Wildman–Crippen LogP) is 2.82. The van der Waals surface area contributed by atoms with Crippen molar-refractivity contribution in [1.82, 2.24) is 9.80 Å². The second-order valence-corrected chi connectivity index (χ2v) is 5.49. The summed E-state index contributed by atoms with van der Waals surface area (Å²) in [6, 6.07) is 9.13. The molecular formula is C18H29N3O3. The molecule has 6 nitrogen and oxygen atoms in total. The lowest BCUT2D eigenvalue weighted by Crippen LogP contribution is -2.38. The van der Waals surface area contributed by atoms with Crippen LogP contribution in [-0.4, -0.2) is 61.6 Å². The minimum absolute atomic E-state index is 0.190. The highest BCUT2D eigenvalue weighted by atomic mass is 16.5. The minimum atomic E-state index is -0.309. The van der Waals surface area contributed by atoms with Gasteiger partial charge >= 0.3 is 12.0 Å². The monoisotopic (exact) mass is 335 g/mol. The molecule has 1 aromatic carbocycles. The molecule has 0 atom stereocenters. The van der Waals surface area contributed by atoms with Crippen LogP contribution in [0.15, 0.2) is 30.3 Å². The number of hydrogen-bond donors (Lipinski definition) is 1. The number of esters is 1. The Kier molecular flexibility index (Phi) is 9.53. The van der Waals surface area contributed by atoms with E-state index in [1.807, 2.05) is 30.3 Å². The molecule has 1 N–H and O–H groups in total. The molecule has 0 fully saturated rings. The van der Waals surface area contributed by atoms with Crippen LogP contribution >= 0.6 is 0 Å². The zero-order valence-electron chi connectivity index (χ0n) is 15.0. The van der Waals surface area contributed by atoms with E-state index < -0.39 is 0 Å². The van der Waals surface area contributed by atoms with E-state index in [2.05, 4.69) is 28.8 Å². The van der Waals surface area contributed by atoms with Gasteiger partial charge in [-0.05, 0) is 38.2 Å². The van der Waals surface area contributed by atoms with Gasteiger partial charge in [0, 0.05) is 18.8 Å². The van der Waals surface area contributed by atoms with Crippen molar-refractivity contribution < 1.29 is 14.3 Å². The first-order valence-electron chi connectivity index (χ1n) is 8.50. The highest BCUT2D eigenvalue weighted by molar-refractivity contribution is 5.89. The fourth-order valence-corrected chi connectivity index (χ4v) is 2.39. The van der Waals surface area contributed by atoms with Crippen molar-refractivity contribution in [3.63, 3.8) is 0 Å². The number of ether oxygens (including phenoxy) is 1. The van der Waals surface area contributed by atoms with Crippen molar-refractivity contribution >= 4 is 17.7 Å². The van der Waals surface area contributed by atoms with Crippen molar-refractivity contribution in [2.75, 3.05) is 45.2 Å². The Bertz CT molecular complexity index is 490. The summed E-state index contributed by atoms with van der Waals surface area (Å²) in [6.45, 7) is 8.13. The quantitative estimate of drug-likeness (QED) is 0.668. The van der Waals surface area contributed by atoms with Gasteiger partial charge in [-0.15, -0.1) is 0 Å². The van der Waals surface area contributed by atoms with Gasteiger partial charge < -0.3 is 19.9 Å². The molecule has 0 radical (unpaired) electrons. The molecule has 0 aliphatic carbocycles. The molecule has 0 aromatic heterocycles. The van der Waals surface area contributed by atoms with E-state index in [1.165, 1.54) is 7.11 Å². The molecule has 24 heavy (non-hydrogen) atoms. The summed E-state index contributed by atoms with van der Waals surface area (Å²) in [6.07, 6.45) is 1.06. The average Bonchev–Trinajstić information content (AvgIpc) is 2.61. The van der Waals surface area contributed by atoms with Gasteiger partial charge in [-0.3, -0.25) is 4.79 Å². The normalized spacial score (nSPS) is 10.5. The maximum atomic E-state index is 12.5. The van der Waals surface area contributed by atoms with E-state index in [1.54, 1.807) is 4.90 Å². The van der Waals surface area contributed by atoms with Crippen LogP contribution in [0, 0.1) is 0 Å². The van der Waals surface area contributed by atoms with Crippen LogP contribution in [0.1, 0.15) is 26.7 Å². The van der Waals surface area contributed by atoms with Crippen LogP contribution in [0.5, 0.6) is 0 Å². The average molecular weight is 335 g/mol. The highest BCUT2D eigenvalue weighted by Gasteiger charge is 2.15. The van der Waals surface area contributed by atoms with Gasteiger partial charge in [-0.2, -0.15) is 0 Å². The van der Waals surface area contributed by atoms with Gasteiger partial charge in [-0.25, -0.2) is 4.79 Å². The van der Waals surface area contributed by atoms with Crippen molar-refractivity contribution in [1.29, 1.82) is 0 Å². The van der Waals surface area contributed by atoms with E-state index in [0.29, 0.717) is 13.1 Å². The second-order valence-electron chi connectivity index (χ2n) is 5.49. The summed E-state index contributed by atoms with van der Waals surface area (Å²) in [7, 11) is 1.36. The lowest BCUT2D eigenvalue weighted by molar-refractivity contribution is -0.140. The van der Waals surface area contributed by atoms with Gasteiger partial charge in [0.05, 0.1) is 13.5 Å². The Morgan fingerprint density at radius 3 is 2.29 bits per heavy atom. The maximum Gasteiger partial charge on any atom is 0.321 e. The van der Waals surface area contributed by atoms with E-state index in [9.17, 15) is 9.59 Å². The summed E-state index contributed by atoms with van der Waals surface area (Å²) < 4.78 is 4.67. The molecule has 0 saturated heterocycles. The van der Waals surface area contributed by atoms with Crippen LogP contribution in [0.25, 0.3) is 0 Å². The highest BCUT2D eigenvalue weighted by Crippen LogP contribution is 2.08. The maximum absolute atomic E-state index is 12.5. The summed E-state index contributed by atoms with van der Waals surface area (Å²) in [5, 5.41) is 2.87. The molecule has 0 aliphatic rings. The Balaban J connectivity index is 2.58. The molecule has 0 aliphatic heterocycles. The number of amides is 2. The standard InChI is InChI=1S/C18H29N3O3/c1-4-20(5-2)13-9-14-21(15-12-17(22)24-3)18(23)19-16-10-7-6-8-11-16/h6-8,10-11H,4-5,9,12-15H2,1-3H3,(H,19,23). The fourth-order valence-electron chi connectivity index (χ4n) is 2.39. The number of anilines is 1. The SMILES string of the molecule is CCN(CC)CCCN(CCC(=O)OC)C(=O)Nc1ccccc1. The Morgan fingerprint density at radius 1 is 1.04 bits per heavy atom. The number of para-hydroxylation sites is 1. The number of nitrogens with one attached hydrogen (secondary N) is 1. The van der Waals surface area contributed by atoms with E-state index in [0.717, 1.165) is 31.7 Å².